The molecule has 1 amide bonds. The quantitative estimate of drug-likeness (QED) is 0.707. The molecule has 1 aromatic heterocycles. The first kappa shape index (κ1) is 12.9. The van der Waals surface area contributed by atoms with Crippen LogP contribution in [0.15, 0.2) is 54.6 Å². The van der Waals surface area contributed by atoms with E-state index in [1.54, 1.807) is 54.6 Å². The van der Waals surface area contributed by atoms with Gasteiger partial charge in [0.15, 0.2) is 5.78 Å². The van der Waals surface area contributed by atoms with Crippen LogP contribution in [-0.4, -0.2) is 21.5 Å². The number of carbonyl (C=O) groups excluding carboxylic acids is 2. The van der Waals surface area contributed by atoms with Crippen molar-refractivity contribution in [1.29, 1.82) is 0 Å². The number of benzene rings is 2. The number of ketones is 1. The molecule has 5 heteroatoms. The zero-order chi connectivity index (χ0) is 15.0. The molecule has 5 nitrogen and oxygen atoms in total. The summed E-state index contributed by atoms with van der Waals surface area (Å²) in [6, 6.07) is 14.5. The Labute approximate surface area is 120 Å². The van der Waals surface area contributed by atoms with Crippen LogP contribution in [0.1, 0.15) is 15.9 Å². The summed E-state index contributed by atoms with van der Waals surface area (Å²) in [6.45, 7) is 0. The van der Waals surface area contributed by atoms with Gasteiger partial charge in [-0.1, -0.05) is 48.5 Å². The van der Waals surface area contributed by atoms with Gasteiger partial charge in [-0.05, 0) is 6.07 Å². The fourth-order valence-corrected chi connectivity index (χ4v) is 2.41. The molecule has 0 spiro atoms. The molecule has 0 atom stereocenters. The summed E-state index contributed by atoms with van der Waals surface area (Å²) in [5.74, 6) is -0.790. The topological polar surface area (TPSA) is 85.3 Å². The normalized spacial score (nSPS) is 10.7. The number of nitrogens with two attached hydrogens (primary N) is 1. The van der Waals surface area contributed by atoms with Crippen molar-refractivity contribution >= 4 is 22.7 Å². The summed E-state index contributed by atoms with van der Waals surface area (Å²) < 4.78 is 0.936. The maximum atomic E-state index is 12.6. The average Bonchev–Trinajstić information content (AvgIpc) is 2.79. The summed E-state index contributed by atoms with van der Waals surface area (Å²) in [4.78, 5) is 24.1. The number of para-hydroxylation sites is 1. The van der Waals surface area contributed by atoms with Gasteiger partial charge < -0.3 is 10.8 Å². The van der Waals surface area contributed by atoms with Crippen LogP contribution in [-0.2, 0) is 0 Å². The van der Waals surface area contributed by atoms with Gasteiger partial charge in [0, 0.05) is 10.9 Å². The number of primary amides is 1. The van der Waals surface area contributed by atoms with Gasteiger partial charge in [0.1, 0.15) is 0 Å². The van der Waals surface area contributed by atoms with Crippen molar-refractivity contribution in [3.05, 3.63) is 65.7 Å². The Hall–Kier alpha value is -3.08. The van der Waals surface area contributed by atoms with Gasteiger partial charge in [0.25, 0.3) is 0 Å². The zero-order valence-corrected chi connectivity index (χ0v) is 11.0. The molecule has 0 aliphatic heterocycles. The maximum Gasteiger partial charge on any atom is 0.326 e. The molecular weight excluding hydrogens is 268 g/mol. The molecule has 2 aromatic carbocycles. The maximum absolute atomic E-state index is 12.6. The summed E-state index contributed by atoms with van der Waals surface area (Å²) in [7, 11) is 0. The van der Waals surface area contributed by atoms with Crippen LogP contribution in [0.3, 0.4) is 0 Å². The summed E-state index contributed by atoms with van der Waals surface area (Å²) in [5, 5.41) is 10.7. The van der Waals surface area contributed by atoms with Gasteiger partial charge in [-0.15, -0.1) is 0 Å². The molecule has 0 aliphatic carbocycles. The lowest BCUT2D eigenvalue weighted by atomic mass is 10.0. The standard InChI is InChI=1S/C16H12N2O3/c17-16(21)18-12-9-5-4-8-11(12)13(15(18)20)14(19)10-6-2-1-3-7-10/h1-9,20H,(H2,17,21). The Balaban J connectivity index is 2.31. The van der Waals surface area contributed by atoms with Crippen molar-refractivity contribution < 1.29 is 14.7 Å². The summed E-state index contributed by atoms with van der Waals surface area (Å²) in [5.41, 5.74) is 6.20. The van der Waals surface area contributed by atoms with E-state index >= 15 is 0 Å². The summed E-state index contributed by atoms with van der Waals surface area (Å²) in [6.07, 6.45) is 0. The highest BCUT2D eigenvalue weighted by Crippen LogP contribution is 2.32. The van der Waals surface area contributed by atoms with E-state index in [0.29, 0.717) is 16.5 Å². The molecule has 1 heterocycles. The number of fused-ring (bicyclic) bond motifs is 1. The van der Waals surface area contributed by atoms with Gasteiger partial charge in [0.2, 0.25) is 5.88 Å². The third-order valence-corrected chi connectivity index (χ3v) is 3.33. The van der Waals surface area contributed by atoms with E-state index in [-0.39, 0.29) is 11.3 Å². The number of rotatable bonds is 2. The third kappa shape index (κ3) is 1.95. The molecular formula is C16H12N2O3. The minimum absolute atomic E-state index is 0.0793. The zero-order valence-electron chi connectivity index (χ0n) is 11.0. The van der Waals surface area contributed by atoms with E-state index < -0.39 is 11.9 Å². The van der Waals surface area contributed by atoms with E-state index in [1.165, 1.54) is 0 Å². The molecule has 0 bridgehead atoms. The van der Waals surface area contributed by atoms with Crippen LogP contribution in [0.25, 0.3) is 10.9 Å². The smallest absolute Gasteiger partial charge is 0.326 e. The number of aromatic hydroxyl groups is 1. The van der Waals surface area contributed by atoms with E-state index in [2.05, 4.69) is 0 Å². The molecule has 104 valence electrons. The first-order valence-electron chi connectivity index (χ1n) is 6.33. The van der Waals surface area contributed by atoms with Crippen LogP contribution < -0.4 is 5.73 Å². The number of hydrogen-bond donors (Lipinski definition) is 2. The van der Waals surface area contributed by atoms with Gasteiger partial charge >= 0.3 is 6.03 Å². The van der Waals surface area contributed by atoms with E-state index in [1.807, 2.05) is 0 Å². The first-order valence-corrected chi connectivity index (χ1v) is 6.33. The van der Waals surface area contributed by atoms with Crippen molar-refractivity contribution in [2.45, 2.75) is 0 Å². The van der Waals surface area contributed by atoms with Crippen LogP contribution >= 0.6 is 0 Å². The SMILES string of the molecule is NC(=O)n1c(O)c(C(=O)c2ccccc2)c2ccccc21. The Morgan fingerprint density at radius 2 is 1.57 bits per heavy atom. The number of amides is 1. The Morgan fingerprint density at radius 1 is 0.952 bits per heavy atom. The first-order chi connectivity index (χ1) is 10.1. The predicted octanol–water partition coefficient (Wildman–Crippen LogP) is 2.50. The van der Waals surface area contributed by atoms with E-state index in [4.69, 9.17) is 5.73 Å². The van der Waals surface area contributed by atoms with E-state index in [9.17, 15) is 14.7 Å². The van der Waals surface area contributed by atoms with Crippen molar-refractivity contribution in [1.82, 2.24) is 4.57 Å². The van der Waals surface area contributed by atoms with Crippen LogP contribution in [0.2, 0.25) is 0 Å². The van der Waals surface area contributed by atoms with Crippen molar-refractivity contribution in [2.75, 3.05) is 0 Å². The fourth-order valence-electron chi connectivity index (χ4n) is 2.41. The van der Waals surface area contributed by atoms with Gasteiger partial charge in [-0.3, -0.25) is 4.79 Å². The highest BCUT2D eigenvalue weighted by molar-refractivity contribution is 6.19. The fraction of sp³-hybridized carbons (Fsp3) is 0. The van der Waals surface area contributed by atoms with Gasteiger partial charge in [0.05, 0.1) is 11.1 Å². The minimum atomic E-state index is -0.837. The molecule has 0 radical (unpaired) electrons. The Bertz CT molecular complexity index is 851. The van der Waals surface area contributed by atoms with Crippen molar-refractivity contribution in [3.8, 4) is 5.88 Å². The number of nitrogens with zero attached hydrogens (tertiary/aromatic N) is 1. The average molecular weight is 280 g/mol. The monoisotopic (exact) mass is 280 g/mol. The lowest BCUT2D eigenvalue weighted by molar-refractivity contribution is 0.103. The lowest BCUT2D eigenvalue weighted by Gasteiger charge is -2.01. The van der Waals surface area contributed by atoms with Crippen molar-refractivity contribution in [3.63, 3.8) is 0 Å². The molecule has 21 heavy (non-hydrogen) atoms. The Kier molecular flexibility index (Phi) is 2.95. The minimum Gasteiger partial charge on any atom is -0.494 e. The molecule has 0 saturated carbocycles. The number of carbonyl (C=O) groups is 2. The van der Waals surface area contributed by atoms with Crippen LogP contribution in [0.5, 0.6) is 5.88 Å². The van der Waals surface area contributed by atoms with Gasteiger partial charge in [-0.25, -0.2) is 9.36 Å². The molecule has 0 aliphatic rings. The Morgan fingerprint density at radius 3 is 2.24 bits per heavy atom. The molecule has 3 N–H and O–H groups in total. The van der Waals surface area contributed by atoms with E-state index in [0.717, 1.165) is 4.57 Å². The largest absolute Gasteiger partial charge is 0.494 e. The predicted molar refractivity (Wildman–Crippen MR) is 78.5 cm³/mol. The number of aromatic nitrogens is 1. The van der Waals surface area contributed by atoms with Crippen LogP contribution in [0.4, 0.5) is 4.79 Å². The molecule has 0 saturated heterocycles. The highest BCUT2D eigenvalue weighted by Gasteiger charge is 2.24. The molecule has 0 unspecified atom stereocenters. The second-order valence-corrected chi connectivity index (χ2v) is 4.58. The van der Waals surface area contributed by atoms with Gasteiger partial charge in [-0.2, -0.15) is 0 Å². The van der Waals surface area contributed by atoms with Crippen LogP contribution in [0, 0.1) is 0 Å². The van der Waals surface area contributed by atoms with Crippen molar-refractivity contribution in [2.24, 2.45) is 5.73 Å². The lowest BCUT2D eigenvalue weighted by Crippen LogP contribution is -2.18. The summed E-state index contributed by atoms with van der Waals surface area (Å²) >= 11 is 0. The third-order valence-electron chi connectivity index (χ3n) is 3.33. The second kappa shape index (κ2) is 4.79. The second-order valence-electron chi connectivity index (χ2n) is 4.58. The highest BCUT2D eigenvalue weighted by atomic mass is 16.3. The molecule has 3 rings (SSSR count). The molecule has 0 fully saturated rings. The molecule has 3 aromatic rings. The number of hydrogen-bond acceptors (Lipinski definition) is 3.